The highest BCUT2D eigenvalue weighted by atomic mass is 16.5. The fourth-order valence-electron chi connectivity index (χ4n) is 4.68. The van der Waals surface area contributed by atoms with Crippen LogP contribution in [-0.2, 0) is 30.5 Å². The molecule has 38 heavy (non-hydrogen) atoms. The summed E-state index contributed by atoms with van der Waals surface area (Å²) in [6.45, 7) is 6.89. The first-order valence-corrected chi connectivity index (χ1v) is 13.1. The van der Waals surface area contributed by atoms with E-state index in [0.29, 0.717) is 38.3 Å². The minimum atomic E-state index is -1.22. The van der Waals surface area contributed by atoms with Crippen molar-refractivity contribution in [3.8, 4) is 11.5 Å². The number of esters is 1. The predicted octanol–water partition coefficient (Wildman–Crippen LogP) is 3.97. The van der Waals surface area contributed by atoms with E-state index < -0.39 is 36.3 Å². The Balaban J connectivity index is 1.61. The van der Waals surface area contributed by atoms with E-state index in [-0.39, 0.29) is 18.2 Å². The van der Waals surface area contributed by atoms with Crippen LogP contribution in [0.25, 0.3) is 0 Å². The van der Waals surface area contributed by atoms with Crippen molar-refractivity contribution in [3.05, 3.63) is 60.2 Å². The Morgan fingerprint density at radius 3 is 2.08 bits per heavy atom. The van der Waals surface area contributed by atoms with E-state index in [4.69, 9.17) is 9.47 Å². The lowest BCUT2D eigenvalue weighted by molar-refractivity contribution is -0.176. The van der Waals surface area contributed by atoms with Gasteiger partial charge >= 0.3 is 11.9 Å². The maximum Gasteiger partial charge on any atom is 0.310 e. The number of aliphatic carboxylic acids is 1. The highest BCUT2D eigenvalue weighted by molar-refractivity contribution is 5.92. The molecule has 9 nitrogen and oxygen atoms in total. The number of carbonyl (C=O) groups excluding carboxylic acids is 3. The number of benzene rings is 2. The minimum Gasteiger partial charge on any atom is -0.481 e. The molecule has 2 amide bonds. The predicted molar refractivity (Wildman–Crippen MR) is 140 cm³/mol. The lowest BCUT2D eigenvalue weighted by atomic mass is 9.64. The lowest BCUT2D eigenvalue weighted by Crippen LogP contribution is -2.54. The molecule has 2 aromatic rings. The topological polar surface area (TPSA) is 113 Å². The van der Waals surface area contributed by atoms with E-state index in [2.05, 4.69) is 0 Å². The van der Waals surface area contributed by atoms with Crippen molar-refractivity contribution in [1.29, 1.82) is 0 Å². The smallest absolute Gasteiger partial charge is 0.310 e. The Labute approximate surface area is 223 Å². The van der Waals surface area contributed by atoms with E-state index in [1.807, 2.05) is 75.4 Å². The van der Waals surface area contributed by atoms with E-state index in [9.17, 15) is 24.3 Å². The van der Waals surface area contributed by atoms with E-state index >= 15 is 0 Å². The van der Waals surface area contributed by atoms with E-state index in [1.165, 1.54) is 4.90 Å². The summed E-state index contributed by atoms with van der Waals surface area (Å²) in [5.74, 6) is -4.18. The molecule has 0 radical (unpaired) electrons. The number of carboxylic acid groups (broad SMARTS) is 1. The number of ether oxygens (including phenoxy) is 2. The van der Waals surface area contributed by atoms with Gasteiger partial charge in [0.25, 0.3) is 5.91 Å². The molecule has 0 aromatic heterocycles. The fourth-order valence-corrected chi connectivity index (χ4v) is 4.68. The number of para-hydroxylation sites is 1. The summed E-state index contributed by atoms with van der Waals surface area (Å²) in [5, 5.41) is 9.80. The van der Waals surface area contributed by atoms with Crippen molar-refractivity contribution in [3.63, 3.8) is 0 Å². The molecule has 3 unspecified atom stereocenters. The van der Waals surface area contributed by atoms with Crippen LogP contribution in [0.3, 0.4) is 0 Å². The van der Waals surface area contributed by atoms with Gasteiger partial charge in [0, 0.05) is 26.2 Å². The number of hydrogen-bond donors (Lipinski definition) is 1. The number of likely N-dealkylation sites (N-methyl/N-ethyl adjacent to an activating group) is 1. The molecule has 3 rings (SSSR count). The molecule has 0 bridgehead atoms. The van der Waals surface area contributed by atoms with Crippen LogP contribution in [-0.4, -0.2) is 64.9 Å². The van der Waals surface area contributed by atoms with Gasteiger partial charge in [-0.15, -0.1) is 0 Å². The molecule has 0 aliphatic heterocycles. The Morgan fingerprint density at radius 2 is 1.50 bits per heavy atom. The van der Waals surface area contributed by atoms with Crippen molar-refractivity contribution in [2.75, 3.05) is 26.2 Å². The van der Waals surface area contributed by atoms with Gasteiger partial charge in [-0.05, 0) is 56.5 Å². The van der Waals surface area contributed by atoms with Crippen LogP contribution in [0.4, 0.5) is 0 Å². The van der Waals surface area contributed by atoms with Crippen molar-refractivity contribution >= 4 is 23.8 Å². The zero-order chi connectivity index (χ0) is 27.7. The monoisotopic (exact) mass is 524 g/mol. The van der Waals surface area contributed by atoms with Crippen LogP contribution < -0.4 is 4.74 Å². The number of nitrogens with zero attached hydrogens (tertiary/aromatic N) is 2. The molecule has 0 heterocycles. The lowest BCUT2D eigenvalue weighted by Gasteiger charge is -2.41. The van der Waals surface area contributed by atoms with Gasteiger partial charge in [0.1, 0.15) is 11.5 Å². The van der Waals surface area contributed by atoms with Crippen LogP contribution in [0.1, 0.15) is 39.2 Å². The molecule has 9 heteroatoms. The number of hydrogen-bond acceptors (Lipinski definition) is 6. The summed E-state index contributed by atoms with van der Waals surface area (Å²) >= 11 is 0. The molecule has 3 atom stereocenters. The van der Waals surface area contributed by atoms with Gasteiger partial charge in [-0.25, -0.2) is 0 Å². The second-order valence-corrected chi connectivity index (χ2v) is 9.31. The highest BCUT2D eigenvalue weighted by Crippen LogP contribution is 2.43. The third-order valence-corrected chi connectivity index (χ3v) is 6.81. The summed E-state index contributed by atoms with van der Waals surface area (Å²) in [6, 6.07) is 16.8. The first-order valence-electron chi connectivity index (χ1n) is 13.1. The normalized spacial score (nSPS) is 18.1. The summed E-state index contributed by atoms with van der Waals surface area (Å²) in [4.78, 5) is 53.2. The van der Waals surface area contributed by atoms with Crippen molar-refractivity contribution in [1.82, 2.24) is 9.80 Å². The Morgan fingerprint density at radius 1 is 0.868 bits per heavy atom. The zero-order valence-electron chi connectivity index (χ0n) is 22.2. The standard InChI is InChI=1S/C29H36N2O7/c1-4-16-31(18-20-12-14-22(15-13-20)38-21-10-8-7-9-11-21)27(33)23-17-24(26(23)28(34)35)29(36)37-19-25(32)30(5-2)6-3/h7-15,23-24,26H,4-6,16-19H2,1-3H3,(H,34,35). The van der Waals surface area contributed by atoms with E-state index in [1.54, 1.807) is 4.90 Å². The van der Waals surface area contributed by atoms with Gasteiger partial charge in [0.05, 0.1) is 17.8 Å². The maximum atomic E-state index is 13.4. The van der Waals surface area contributed by atoms with Crippen molar-refractivity contribution in [2.24, 2.45) is 17.8 Å². The first-order chi connectivity index (χ1) is 18.3. The number of rotatable bonds is 13. The third kappa shape index (κ3) is 7.12. The van der Waals surface area contributed by atoms with Gasteiger partial charge in [-0.3, -0.25) is 19.2 Å². The number of carboxylic acids is 1. The largest absolute Gasteiger partial charge is 0.481 e. The Bertz CT molecular complexity index is 1100. The Hall–Kier alpha value is -3.88. The van der Waals surface area contributed by atoms with Crippen molar-refractivity contribution < 1.29 is 33.8 Å². The van der Waals surface area contributed by atoms with Gasteiger partial charge in [0.2, 0.25) is 5.91 Å². The molecule has 1 N–H and O–H groups in total. The van der Waals surface area contributed by atoms with Crippen LogP contribution in [0.2, 0.25) is 0 Å². The molecule has 0 spiro atoms. The SMILES string of the molecule is CCCN(Cc1ccc(Oc2ccccc2)cc1)C(=O)C1CC(C(=O)OCC(=O)N(CC)CC)C1C(=O)O. The fraction of sp³-hybridized carbons (Fsp3) is 0.448. The molecule has 2 aromatic carbocycles. The minimum absolute atomic E-state index is 0.0815. The average molecular weight is 525 g/mol. The number of carbonyl (C=O) groups is 4. The summed E-state index contributed by atoms with van der Waals surface area (Å²) < 4.78 is 10.9. The number of amides is 2. The summed E-state index contributed by atoms with van der Waals surface area (Å²) in [7, 11) is 0. The third-order valence-electron chi connectivity index (χ3n) is 6.81. The van der Waals surface area contributed by atoms with Crippen LogP contribution >= 0.6 is 0 Å². The molecule has 1 aliphatic carbocycles. The zero-order valence-corrected chi connectivity index (χ0v) is 22.2. The van der Waals surface area contributed by atoms with Crippen LogP contribution in [0.15, 0.2) is 54.6 Å². The van der Waals surface area contributed by atoms with Gasteiger partial charge in [-0.1, -0.05) is 37.3 Å². The molecule has 1 fully saturated rings. The van der Waals surface area contributed by atoms with Gasteiger partial charge in [-0.2, -0.15) is 0 Å². The van der Waals surface area contributed by atoms with Gasteiger partial charge in [0.15, 0.2) is 6.61 Å². The molecular weight excluding hydrogens is 488 g/mol. The second kappa shape index (κ2) is 13.6. The van der Waals surface area contributed by atoms with Crippen LogP contribution in [0, 0.1) is 17.8 Å². The molecule has 0 saturated heterocycles. The Kier molecular flexibility index (Phi) is 10.3. The average Bonchev–Trinajstić information content (AvgIpc) is 2.88. The molecule has 1 saturated carbocycles. The van der Waals surface area contributed by atoms with E-state index in [0.717, 1.165) is 11.3 Å². The molecule has 1 aliphatic rings. The molecule has 204 valence electrons. The quantitative estimate of drug-likeness (QED) is 0.395. The first kappa shape index (κ1) is 28.7. The van der Waals surface area contributed by atoms with Crippen molar-refractivity contribution in [2.45, 2.75) is 40.2 Å². The summed E-state index contributed by atoms with van der Waals surface area (Å²) in [6.07, 6.45) is 0.780. The van der Waals surface area contributed by atoms with Gasteiger partial charge < -0.3 is 24.4 Å². The van der Waals surface area contributed by atoms with Crippen LogP contribution in [0.5, 0.6) is 11.5 Å². The maximum absolute atomic E-state index is 13.4. The molecular formula is C29H36N2O7. The highest BCUT2D eigenvalue weighted by Gasteiger charge is 2.54. The second-order valence-electron chi connectivity index (χ2n) is 9.31. The summed E-state index contributed by atoms with van der Waals surface area (Å²) in [5.41, 5.74) is 0.879.